The molecule has 18 heavy (non-hydrogen) atoms. The van der Waals surface area contributed by atoms with Gasteiger partial charge in [-0.15, -0.1) is 0 Å². The standard InChI is InChI=1S/C11H14FNO4S/c1-2-3-6-17-11(14)9-7-8(12)4-5-10(9)18(13,15)16/h4-5,7H,2-3,6H2,1H3,(H2,13,15,16). The molecule has 0 spiro atoms. The van der Waals surface area contributed by atoms with Crippen molar-refractivity contribution < 1.29 is 22.3 Å². The molecule has 0 unspecified atom stereocenters. The van der Waals surface area contributed by atoms with Gasteiger partial charge in [0.25, 0.3) is 0 Å². The molecule has 0 heterocycles. The maximum absolute atomic E-state index is 13.0. The molecule has 7 heteroatoms. The summed E-state index contributed by atoms with van der Waals surface area (Å²) in [4.78, 5) is 11.2. The van der Waals surface area contributed by atoms with Gasteiger partial charge in [-0.2, -0.15) is 0 Å². The van der Waals surface area contributed by atoms with E-state index in [2.05, 4.69) is 0 Å². The van der Waals surface area contributed by atoms with Crippen LogP contribution in [-0.2, 0) is 14.8 Å². The molecule has 1 rings (SSSR count). The minimum atomic E-state index is -4.09. The number of primary sulfonamides is 1. The summed E-state index contributed by atoms with van der Waals surface area (Å²) in [5.41, 5.74) is -0.381. The van der Waals surface area contributed by atoms with Crippen molar-refractivity contribution in [3.8, 4) is 0 Å². The third kappa shape index (κ3) is 3.78. The number of benzene rings is 1. The molecular formula is C11H14FNO4S. The van der Waals surface area contributed by atoms with E-state index in [0.29, 0.717) is 6.42 Å². The molecule has 5 nitrogen and oxygen atoms in total. The highest BCUT2D eigenvalue weighted by Gasteiger charge is 2.21. The third-order valence-corrected chi connectivity index (χ3v) is 3.17. The second-order valence-electron chi connectivity index (χ2n) is 3.67. The van der Waals surface area contributed by atoms with E-state index in [1.54, 1.807) is 0 Å². The molecule has 0 amide bonds. The highest BCUT2D eigenvalue weighted by Crippen LogP contribution is 2.17. The molecule has 100 valence electrons. The Morgan fingerprint density at radius 2 is 2.11 bits per heavy atom. The molecule has 0 atom stereocenters. The van der Waals surface area contributed by atoms with Crippen LogP contribution in [0.3, 0.4) is 0 Å². The number of unbranched alkanes of at least 4 members (excludes halogenated alkanes) is 1. The Hall–Kier alpha value is -1.47. The van der Waals surface area contributed by atoms with Crippen LogP contribution in [0.4, 0.5) is 4.39 Å². The van der Waals surface area contributed by atoms with E-state index in [9.17, 15) is 17.6 Å². The predicted molar refractivity (Wildman–Crippen MR) is 63.0 cm³/mol. The van der Waals surface area contributed by atoms with Crippen molar-refractivity contribution in [1.29, 1.82) is 0 Å². The van der Waals surface area contributed by atoms with Crippen LogP contribution in [0, 0.1) is 5.82 Å². The van der Waals surface area contributed by atoms with E-state index in [0.717, 1.165) is 24.6 Å². The molecule has 0 aromatic heterocycles. The predicted octanol–water partition coefficient (Wildman–Crippen LogP) is 1.43. The normalized spacial score (nSPS) is 11.3. The van der Waals surface area contributed by atoms with Crippen LogP contribution in [0.1, 0.15) is 30.1 Å². The van der Waals surface area contributed by atoms with Gasteiger partial charge in [0.15, 0.2) is 0 Å². The van der Waals surface area contributed by atoms with Gasteiger partial charge in [0.05, 0.1) is 17.1 Å². The molecule has 0 aliphatic rings. The van der Waals surface area contributed by atoms with Crippen LogP contribution in [-0.4, -0.2) is 21.0 Å². The first-order valence-corrected chi connectivity index (χ1v) is 6.90. The maximum atomic E-state index is 13.0. The molecule has 0 saturated heterocycles. The fourth-order valence-corrected chi connectivity index (χ4v) is 2.00. The minimum Gasteiger partial charge on any atom is -0.462 e. The SMILES string of the molecule is CCCCOC(=O)c1cc(F)ccc1S(N)(=O)=O. The summed E-state index contributed by atoms with van der Waals surface area (Å²) in [6, 6.07) is 2.66. The molecule has 2 N–H and O–H groups in total. The van der Waals surface area contributed by atoms with E-state index in [-0.39, 0.29) is 12.2 Å². The Labute approximate surface area is 105 Å². The number of halogens is 1. The Morgan fingerprint density at radius 1 is 1.44 bits per heavy atom. The second-order valence-corrected chi connectivity index (χ2v) is 5.20. The number of rotatable bonds is 5. The van der Waals surface area contributed by atoms with Gasteiger partial charge in [0.1, 0.15) is 5.82 Å². The molecule has 0 bridgehead atoms. The van der Waals surface area contributed by atoms with Gasteiger partial charge in [-0.3, -0.25) is 0 Å². The van der Waals surface area contributed by atoms with E-state index in [1.807, 2.05) is 6.92 Å². The lowest BCUT2D eigenvalue weighted by Gasteiger charge is -2.08. The lowest BCUT2D eigenvalue weighted by atomic mass is 10.2. The molecule has 0 aliphatic heterocycles. The monoisotopic (exact) mass is 275 g/mol. The fraction of sp³-hybridized carbons (Fsp3) is 0.364. The Bertz CT molecular complexity index is 542. The minimum absolute atomic E-state index is 0.149. The average Bonchev–Trinajstić information content (AvgIpc) is 2.27. The van der Waals surface area contributed by atoms with E-state index in [1.165, 1.54) is 0 Å². The molecule has 0 aliphatic carbocycles. The lowest BCUT2D eigenvalue weighted by molar-refractivity contribution is 0.0494. The zero-order valence-electron chi connectivity index (χ0n) is 9.85. The van der Waals surface area contributed by atoms with Crippen molar-refractivity contribution in [3.05, 3.63) is 29.6 Å². The van der Waals surface area contributed by atoms with E-state index < -0.39 is 26.7 Å². The van der Waals surface area contributed by atoms with Crippen molar-refractivity contribution in [2.24, 2.45) is 5.14 Å². The molecule has 1 aromatic carbocycles. The van der Waals surface area contributed by atoms with Gasteiger partial charge in [0.2, 0.25) is 10.0 Å². The zero-order chi connectivity index (χ0) is 13.8. The van der Waals surface area contributed by atoms with E-state index >= 15 is 0 Å². The van der Waals surface area contributed by atoms with E-state index in [4.69, 9.17) is 9.88 Å². The first kappa shape index (κ1) is 14.6. The molecule has 0 radical (unpaired) electrons. The van der Waals surface area contributed by atoms with Crippen LogP contribution in [0.5, 0.6) is 0 Å². The number of carbonyl (C=O) groups is 1. The molecular weight excluding hydrogens is 261 g/mol. The first-order valence-electron chi connectivity index (χ1n) is 5.35. The summed E-state index contributed by atoms with van der Waals surface area (Å²) in [6.45, 7) is 2.06. The third-order valence-electron chi connectivity index (χ3n) is 2.20. The second kappa shape index (κ2) is 5.92. The van der Waals surface area contributed by atoms with Crippen molar-refractivity contribution in [2.75, 3.05) is 6.61 Å². The summed E-state index contributed by atoms with van der Waals surface area (Å²) >= 11 is 0. The number of carbonyl (C=O) groups excluding carboxylic acids is 1. The summed E-state index contributed by atoms with van der Waals surface area (Å²) in [7, 11) is -4.09. The van der Waals surface area contributed by atoms with Crippen LogP contribution < -0.4 is 5.14 Å². The topological polar surface area (TPSA) is 86.5 Å². The van der Waals surface area contributed by atoms with Gasteiger partial charge >= 0.3 is 5.97 Å². The van der Waals surface area contributed by atoms with Crippen molar-refractivity contribution >= 4 is 16.0 Å². The van der Waals surface area contributed by atoms with Gasteiger partial charge in [-0.05, 0) is 24.6 Å². The van der Waals surface area contributed by atoms with Crippen molar-refractivity contribution in [3.63, 3.8) is 0 Å². The lowest BCUT2D eigenvalue weighted by Crippen LogP contribution is -2.18. The summed E-state index contributed by atoms with van der Waals surface area (Å²) in [6.07, 6.45) is 1.46. The van der Waals surface area contributed by atoms with Crippen LogP contribution >= 0.6 is 0 Å². The summed E-state index contributed by atoms with van der Waals surface area (Å²) in [5.74, 6) is -1.63. The number of esters is 1. The fourth-order valence-electron chi connectivity index (χ4n) is 1.30. The van der Waals surface area contributed by atoms with Crippen LogP contribution in [0.2, 0.25) is 0 Å². The van der Waals surface area contributed by atoms with Gasteiger partial charge < -0.3 is 4.74 Å². The Kier molecular flexibility index (Phi) is 4.80. The number of nitrogens with two attached hydrogens (primary N) is 1. The van der Waals surface area contributed by atoms with Crippen LogP contribution in [0.15, 0.2) is 23.1 Å². The number of ether oxygens (including phenoxy) is 1. The summed E-state index contributed by atoms with van der Waals surface area (Å²) < 4.78 is 40.4. The van der Waals surface area contributed by atoms with Gasteiger partial charge in [-0.25, -0.2) is 22.7 Å². The van der Waals surface area contributed by atoms with Crippen molar-refractivity contribution in [1.82, 2.24) is 0 Å². The molecule has 0 saturated carbocycles. The van der Waals surface area contributed by atoms with Crippen molar-refractivity contribution in [2.45, 2.75) is 24.7 Å². The largest absolute Gasteiger partial charge is 0.462 e. The highest BCUT2D eigenvalue weighted by atomic mass is 32.2. The highest BCUT2D eigenvalue weighted by molar-refractivity contribution is 7.89. The number of hydrogen-bond acceptors (Lipinski definition) is 4. The average molecular weight is 275 g/mol. The Morgan fingerprint density at radius 3 is 2.67 bits per heavy atom. The maximum Gasteiger partial charge on any atom is 0.339 e. The number of sulfonamides is 1. The zero-order valence-corrected chi connectivity index (χ0v) is 10.7. The Balaban J connectivity index is 3.06. The van der Waals surface area contributed by atoms with Gasteiger partial charge in [-0.1, -0.05) is 13.3 Å². The smallest absolute Gasteiger partial charge is 0.339 e. The molecule has 0 fully saturated rings. The quantitative estimate of drug-likeness (QED) is 0.650. The number of hydrogen-bond donors (Lipinski definition) is 1. The van der Waals surface area contributed by atoms with Crippen LogP contribution in [0.25, 0.3) is 0 Å². The molecule has 1 aromatic rings. The first-order chi connectivity index (χ1) is 8.36. The summed E-state index contributed by atoms with van der Waals surface area (Å²) in [5, 5.41) is 4.94. The van der Waals surface area contributed by atoms with Gasteiger partial charge in [0, 0.05) is 0 Å².